The maximum atomic E-state index is 12.3. The predicted octanol–water partition coefficient (Wildman–Crippen LogP) is 3.62. The van der Waals surface area contributed by atoms with Gasteiger partial charge in [-0.1, -0.05) is 6.42 Å². The fraction of sp³-hybridized carbons (Fsp3) is 0.941. The Morgan fingerprint density at radius 1 is 1.04 bits per heavy atom. The van der Waals surface area contributed by atoms with Crippen LogP contribution in [0.1, 0.15) is 51.4 Å². The monoisotopic (exact) mass is 360 g/mol. The molecule has 1 heterocycles. The number of rotatable bonds is 3. The summed E-state index contributed by atoms with van der Waals surface area (Å²) in [6.07, 6.45) is 8.39. The molecule has 4 nitrogen and oxygen atoms in total. The first-order valence-corrected chi connectivity index (χ1v) is 10.7. The van der Waals surface area contributed by atoms with Gasteiger partial charge in [0.2, 0.25) is 0 Å². The van der Waals surface area contributed by atoms with Gasteiger partial charge in [0.15, 0.2) is 0 Å². The van der Waals surface area contributed by atoms with Crippen LogP contribution < -0.4 is 5.32 Å². The van der Waals surface area contributed by atoms with Gasteiger partial charge < -0.3 is 10.1 Å². The highest BCUT2D eigenvalue weighted by Gasteiger charge is 2.34. The molecule has 2 aliphatic carbocycles. The van der Waals surface area contributed by atoms with Gasteiger partial charge in [-0.3, -0.25) is 4.90 Å². The predicted molar refractivity (Wildman–Crippen MR) is 96.5 cm³/mol. The van der Waals surface area contributed by atoms with Gasteiger partial charge in [0.05, 0.1) is 0 Å². The summed E-state index contributed by atoms with van der Waals surface area (Å²) in [5.74, 6) is 2.41. The molecule has 132 valence electrons. The van der Waals surface area contributed by atoms with Gasteiger partial charge in [-0.05, 0) is 44.9 Å². The van der Waals surface area contributed by atoms with Crippen molar-refractivity contribution < 1.29 is 9.53 Å². The molecule has 2 unspecified atom stereocenters. The number of carbonyl (C=O) groups is 1. The molecule has 0 radical (unpaired) electrons. The van der Waals surface area contributed by atoms with Crippen LogP contribution in [0, 0.1) is 0 Å². The molecule has 1 N–H and O–H groups in total. The summed E-state index contributed by atoms with van der Waals surface area (Å²) in [6, 6.07) is 0.667. The normalized spacial score (nSPS) is 36.4. The third-order valence-electron chi connectivity index (χ3n) is 5.42. The number of amides is 1. The number of hydrogen-bond donors (Lipinski definition) is 1. The molecule has 1 amide bonds. The van der Waals surface area contributed by atoms with E-state index in [1.54, 1.807) is 0 Å². The zero-order chi connectivity index (χ0) is 16.1. The van der Waals surface area contributed by atoms with Crippen molar-refractivity contribution in [2.45, 2.75) is 74.9 Å². The number of thioether (sulfide) groups is 1. The van der Waals surface area contributed by atoms with Crippen molar-refractivity contribution in [3.8, 4) is 0 Å². The smallest absolute Gasteiger partial charge is 0.407 e. The Hall–Kier alpha value is -0.130. The summed E-state index contributed by atoms with van der Waals surface area (Å²) in [6.45, 7) is 2.27. The van der Waals surface area contributed by atoms with Crippen molar-refractivity contribution >= 4 is 29.5 Å². The van der Waals surface area contributed by atoms with Crippen LogP contribution in [0.3, 0.4) is 0 Å². The van der Waals surface area contributed by atoms with Gasteiger partial charge in [-0.2, -0.15) is 11.8 Å². The molecule has 0 aromatic rings. The first-order valence-electron chi connectivity index (χ1n) is 9.15. The second-order valence-electron chi connectivity index (χ2n) is 7.04. The van der Waals surface area contributed by atoms with Crippen molar-refractivity contribution in [1.29, 1.82) is 0 Å². The molecule has 3 fully saturated rings. The van der Waals surface area contributed by atoms with Crippen LogP contribution in [0.25, 0.3) is 0 Å². The summed E-state index contributed by atoms with van der Waals surface area (Å²) in [5, 5.41) is 3.35. The van der Waals surface area contributed by atoms with E-state index >= 15 is 0 Å². The number of nitrogens with zero attached hydrogens (tertiary/aromatic N) is 1. The van der Waals surface area contributed by atoms with Gasteiger partial charge in [0, 0.05) is 42.1 Å². The van der Waals surface area contributed by atoms with Gasteiger partial charge >= 0.3 is 6.09 Å². The highest BCUT2D eigenvalue weighted by molar-refractivity contribution is 7.99. The fourth-order valence-corrected chi connectivity index (χ4v) is 5.26. The second kappa shape index (κ2) is 8.82. The van der Waals surface area contributed by atoms with E-state index in [4.69, 9.17) is 16.3 Å². The van der Waals surface area contributed by atoms with E-state index in [9.17, 15) is 4.79 Å². The molecule has 3 rings (SSSR count). The Morgan fingerprint density at radius 2 is 1.74 bits per heavy atom. The van der Waals surface area contributed by atoms with Gasteiger partial charge in [0.1, 0.15) is 6.10 Å². The lowest BCUT2D eigenvalue weighted by Crippen LogP contribution is -2.51. The second-order valence-corrected chi connectivity index (χ2v) is 8.88. The molecule has 1 aliphatic heterocycles. The van der Waals surface area contributed by atoms with E-state index < -0.39 is 0 Å². The molecular formula is C17H29ClN2O2S. The van der Waals surface area contributed by atoms with Crippen LogP contribution in [0.15, 0.2) is 0 Å². The molecule has 3 aliphatic rings. The van der Waals surface area contributed by atoms with Gasteiger partial charge in [-0.15, -0.1) is 11.6 Å². The SMILES string of the molecule is O=C(NC1CCC(Cl)CC1)OC1CCCCC1N1CCSCC1. The molecule has 23 heavy (non-hydrogen) atoms. The lowest BCUT2D eigenvalue weighted by atomic mass is 9.91. The average Bonchev–Trinajstić information content (AvgIpc) is 2.58. The number of alkyl halides is 1. The maximum Gasteiger partial charge on any atom is 0.407 e. The Labute approximate surface area is 149 Å². The zero-order valence-electron chi connectivity index (χ0n) is 13.8. The van der Waals surface area contributed by atoms with E-state index in [1.165, 1.54) is 30.8 Å². The molecular weight excluding hydrogens is 332 g/mol. The first-order chi connectivity index (χ1) is 11.2. The highest BCUT2D eigenvalue weighted by atomic mass is 35.5. The molecule has 0 aromatic heterocycles. The number of alkyl carbamates (subject to hydrolysis) is 1. The van der Waals surface area contributed by atoms with Crippen molar-refractivity contribution in [2.24, 2.45) is 0 Å². The Kier molecular flexibility index (Phi) is 6.78. The third-order valence-corrected chi connectivity index (χ3v) is 6.80. The van der Waals surface area contributed by atoms with Crippen LogP contribution in [0.5, 0.6) is 0 Å². The van der Waals surface area contributed by atoms with Crippen molar-refractivity contribution in [3.05, 3.63) is 0 Å². The first kappa shape index (κ1) is 17.7. The number of hydrogen-bond acceptors (Lipinski definition) is 4. The summed E-state index contributed by atoms with van der Waals surface area (Å²) in [7, 11) is 0. The van der Waals surface area contributed by atoms with Crippen molar-refractivity contribution in [2.75, 3.05) is 24.6 Å². The Balaban J connectivity index is 1.48. The average molecular weight is 361 g/mol. The van der Waals surface area contributed by atoms with E-state index in [0.29, 0.717) is 6.04 Å². The quantitative estimate of drug-likeness (QED) is 0.780. The fourth-order valence-electron chi connectivity index (χ4n) is 4.08. The minimum atomic E-state index is -0.216. The van der Waals surface area contributed by atoms with Crippen LogP contribution in [0.4, 0.5) is 4.79 Å². The van der Waals surface area contributed by atoms with E-state index in [2.05, 4.69) is 10.2 Å². The summed E-state index contributed by atoms with van der Waals surface area (Å²) in [5.41, 5.74) is 0. The standard InChI is InChI=1S/C17H29ClN2O2S/c18-13-5-7-14(8-6-13)19-17(21)22-16-4-2-1-3-15(16)20-9-11-23-12-10-20/h13-16H,1-12H2,(H,19,21). The van der Waals surface area contributed by atoms with E-state index in [1.807, 2.05) is 11.8 Å². The van der Waals surface area contributed by atoms with Crippen LogP contribution >= 0.6 is 23.4 Å². The molecule has 6 heteroatoms. The molecule has 0 aromatic carbocycles. The maximum absolute atomic E-state index is 12.3. The van der Waals surface area contributed by atoms with E-state index in [-0.39, 0.29) is 23.6 Å². The molecule has 0 spiro atoms. The number of ether oxygens (including phenoxy) is 1. The topological polar surface area (TPSA) is 41.6 Å². The minimum absolute atomic E-state index is 0.0659. The van der Waals surface area contributed by atoms with Crippen LogP contribution in [-0.4, -0.2) is 59.2 Å². The van der Waals surface area contributed by atoms with Crippen LogP contribution in [-0.2, 0) is 4.74 Å². The largest absolute Gasteiger partial charge is 0.445 e. The molecule has 2 saturated carbocycles. The Morgan fingerprint density at radius 3 is 2.48 bits per heavy atom. The van der Waals surface area contributed by atoms with Gasteiger partial charge in [-0.25, -0.2) is 4.79 Å². The molecule has 2 atom stereocenters. The molecule has 0 bridgehead atoms. The number of nitrogens with one attached hydrogen (secondary N) is 1. The van der Waals surface area contributed by atoms with Gasteiger partial charge in [0.25, 0.3) is 0 Å². The van der Waals surface area contributed by atoms with E-state index in [0.717, 1.165) is 45.2 Å². The zero-order valence-corrected chi connectivity index (χ0v) is 15.4. The third kappa shape index (κ3) is 5.17. The highest BCUT2D eigenvalue weighted by Crippen LogP contribution is 2.28. The van der Waals surface area contributed by atoms with Crippen molar-refractivity contribution in [3.63, 3.8) is 0 Å². The number of halogens is 1. The lowest BCUT2D eigenvalue weighted by molar-refractivity contribution is 0.00505. The summed E-state index contributed by atoms with van der Waals surface area (Å²) < 4.78 is 5.86. The number of carbonyl (C=O) groups excluding carboxylic acids is 1. The van der Waals surface area contributed by atoms with Crippen LogP contribution in [0.2, 0.25) is 0 Å². The summed E-state index contributed by atoms with van der Waals surface area (Å²) in [4.78, 5) is 14.8. The molecule has 1 saturated heterocycles. The minimum Gasteiger partial charge on any atom is -0.445 e. The van der Waals surface area contributed by atoms with Crippen molar-refractivity contribution in [1.82, 2.24) is 10.2 Å². The summed E-state index contributed by atoms with van der Waals surface area (Å²) >= 11 is 8.16. The lowest BCUT2D eigenvalue weighted by Gasteiger charge is -2.41. The Bertz CT molecular complexity index is 385.